The van der Waals surface area contributed by atoms with Gasteiger partial charge in [0, 0.05) is 11.5 Å². The number of nitrogens with zero attached hydrogens (tertiary/aromatic N) is 1. The zero-order valence-electron chi connectivity index (χ0n) is 10.9. The van der Waals surface area contributed by atoms with Crippen molar-refractivity contribution < 1.29 is 4.74 Å². The van der Waals surface area contributed by atoms with Gasteiger partial charge in [0.15, 0.2) is 0 Å². The Balaban J connectivity index is 2.48. The quantitative estimate of drug-likeness (QED) is 0.908. The third-order valence-electron chi connectivity index (χ3n) is 2.61. The second kappa shape index (κ2) is 5.40. The molecule has 3 nitrogen and oxygen atoms in total. The van der Waals surface area contributed by atoms with Gasteiger partial charge < -0.3 is 10.5 Å². The average Bonchev–Trinajstić information content (AvgIpc) is 2.73. The van der Waals surface area contributed by atoms with E-state index < -0.39 is 0 Å². The summed E-state index contributed by atoms with van der Waals surface area (Å²) in [5, 5.41) is 1.82. The fourth-order valence-corrected chi connectivity index (χ4v) is 2.58. The zero-order valence-corrected chi connectivity index (χ0v) is 11.8. The van der Waals surface area contributed by atoms with E-state index in [0.29, 0.717) is 12.5 Å². The van der Waals surface area contributed by atoms with Gasteiger partial charge in [-0.3, -0.25) is 0 Å². The van der Waals surface area contributed by atoms with Gasteiger partial charge in [-0.2, -0.15) is 0 Å². The summed E-state index contributed by atoms with van der Waals surface area (Å²) in [7, 11) is 0. The number of aromatic nitrogens is 1. The van der Waals surface area contributed by atoms with Crippen LogP contribution in [-0.4, -0.2) is 11.6 Å². The first-order valence-electron chi connectivity index (χ1n) is 6.11. The van der Waals surface area contributed by atoms with E-state index in [1.54, 1.807) is 11.3 Å². The molecule has 1 heterocycles. The Morgan fingerprint density at radius 3 is 2.67 bits per heavy atom. The number of benzene rings is 1. The maximum absolute atomic E-state index is 6.08. The zero-order chi connectivity index (χ0) is 13.1. The molecule has 0 aliphatic heterocycles. The summed E-state index contributed by atoms with van der Waals surface area (Å²) in [6.45, 7) is 6.85. The van der Waals surface area contributed by atoms with E-state index in [1.165, 1.54) is 0 Å². The summed E-state index contributed by atoms with van der Waals surface area (Å²) in [6, 6.07) is 7.89. The predicted molar refractivity (Wildman–Crippen MR) is 77.2 cm³/mol. The molecule has 0 amide bonds. The fraction of sp³-hybridized carbons (Fsp3) is 0.357. The molecule has 0 fully saturated rings. The van der Waals surface area contributed by atoms with Crippen LogP contribution < -0.4 is 10.5 Å². The molecule has 0 saturated heterocycles. The molecule has 0 bridgehead atoms. The minimum atomic E-state index is 0.394. The van der Waals surface area contributed by atoms with E-state index in [4.69, 9.17) is 10.5 Å². The third-order valence-corrected chi connectivity index (χ3v) is 3.79. The highest BCUT2D eigenvalue weighted by Gasteiger charge is 2.15. The Kier molecular flexibility index (Phi) is 3.87. The fourth-order valence-electron chi connectivity index (χ4n) is 1.73. The lowest BCUT2D eigenvalue weighted by Crippen LogP contribution is -1.95. The van der Waals surface area contributed by atoms with E-state index in [0.717, 1.165) is 27.0 Å². The summed E-state index contributed by atoms with van der Waals surface area (Å²) in [6.07, 6.45) is 0. The molecule has 1 aromatic carbocycles. The first kappa shape index (κ1) is 12.9. The number of nitrogens with two attached hydrogens (primary N) is 1. The van der Waals surface area contributed by atoms with Crippen LogP contribution >= 0.6 is 11.3 Å². The lowest BCUT2D eigenvalue weighted by atomic mass is 10.1. The standard InChI is InChI=1S/C14H18N2OS/c1-4-17-11-8-6-5-7-10(11)12-13(15)18-14(16-12)9(2)3/h5-9H,4,15H2,1-3H3. The largest absolute Gasteiger partial charge is 0.493 e. The van der Waals surface area contributed by atoms with Crippen molar-refractivity contribution >= 4 is 16.3 Å². The number of nitrogen functional groups attached to an aromatic ring is 1. The smallest absolute Gasteiger partial charge is 0.128 e. The van der Waals surface area contributed by atoms with Gasteiger partial charge in [0.1, 0.15) is 16.4 Å². The first-order valence-corrected chi connectivity index (χ1v) is 6.93. The normalized spacial score (nSPS) is 10.9. The van der Waals surface area contributed by atoms with Crippen molar-refractivity contribution in [2.75, 3.05) is 12.3 Å². The summed E-state index contributed by atoms with van der Waals surface area (Å²) >= 11 is 1.56. The third kappa shape index (κ3) is 2.48. The van der Waals surface area contributed by atoms with Crippen molar-refractivity contribution in [3.8, 4) is 17.0 Å². The Bertz CT molecular complexity index is 534. The van der Waals surface area contributed by atoms with Crippen molar-refractivity contribution in [3.63, 3.8) is 0 Å². The molecule has 0 aliphatic rings. The highest BCUT2D eigenvalue weighted by Crippen LogP contribution is 2.38. The minimum absolute atomic E-state index is 0.394. The number of thiazole rings is 1. The Labute approximate surface area is 112 Å². The Morgan fingerprint density at radius 2 is 2.06 bits per heavy atom. The van der Waals surface area contributed by atoms with Gasteiger partial charge in [-0.05, 0) is 19.1 Å². The summed E-state index contributed by atoms with van der Waals surface area (Å²) in [4.78, 5) is 4.64. The van der Waals surface area contributed by atoms with E-state index >= 15 is 0 Å². The van der Waals surface area contributed by atoms with Crippen LogP contribution in [0.5, 0.6) is 5.75 Å². The monoisotopic (exact) mass is 262 g/mol. The van der Waals surface area contributed by atoms with E-state index in [2.05, 4.69) is 18.8 Å². The summed E-state index contributed by atoms with van der Waals surface area (Å²) in [5.74, 6) is 1.23. The van der Waals surface area contributed by atoms with Gasteiger partial charge in [0.25, 0.3) is 0 Å². The molecule has 2 aromatic rings. The molecule has 2 N–H and O–H groups in total. The lowest BCUT2D eigenvalue weighted by Gasteiger charge is -2.08. The lowest BCUT2D eigenvalue weighted by molar-refractivity contribution is 0.341. The van der Waals surface area contributed by atoms with Crippen LogP contribution in [0.4, 0.5) is 5.00 Å². The van der Waals surface area contributed by atoms with Crippen molar-refractivity contribution in [2.45, 2.75) is 26.7 Å². The second-order valence-corrected chi connectivity index (χ2v) is 5.41. The number of hydrogen-bond acceptors (Lipinski definition) is 4. The van der Waals surface area contributed by atoms with Crippen molar-refractivity contribution in [1.29, 1.82) is 0 Å². The van der Waals surface area contributed by atoms with Gasteiger partial charge in [-0.1, -0.05) is 26.0 Å². The van der Waals surface area contributed by atoms with Crippen molar-refractivity contribution in [3.05, 3.63) is 29.3 Å². The van der Waals surface area contributed by atoms with Crippen molar-refractivity contribution in [1.82, 2.24) is 4.98 Å². The number of ether oxygens (including phenoxy) is 1. The minimum Gasteiger partial charge on any atom is -0.493 e. The highest BCUT2D eigenvalue weighted by atomic mass is 32.1. The van der Waals surface area contributed by atoms with E-state index in [1.807, 2.05) is 31.2 Å². The number of hydrogen-bond donors (Lipinski definition) is 1. The Morgan fingerprint density at radius 1 is 1.33 bits per heavy atom. The molecule has 0 radical (unpaired) electrons. The van der Waals surface area contributed by atoms with Gasteiger partial charge in [0.05, 0.1) is 11.6 Å². The van der Waals surface area contributed by atoms with Gasteiger partial charge in [-0.25, -0.2) is 4.98 Å². The molecular weight excluding hydrogens is 244 g/mol. The van der Waals surface area contributed by atoms with Crippen LogP contribution in [0.15, 0.2) is 24.3 Å². The van der Waals surface area contributed by atoms with Crippen molar-refractivity contribution in [2.24, 2.45) is 0 Å². The maximum atomic E-state index is 6.08. The predicted octanol–water partition coefficient (Wildman–Crippen LogP) is 3.91. The van der Waals surface area contributed by atoms with Crippen LogP contribution in [-0.2, 0) is 0 Å². The SMILES string of the molecule is CCOc1ccccc1-c1nc(C(C)C)sc1N. The molecule has 96 valence electrons. The first-order chi connectivity index (χ1) is 8.63. The maximum Gasteiger partial charge on any atom is 0.128 e. The molecule has 2 rings (SSSR count). The molecule has 4 heteroatoms. The molecule has 0 atom stereocenters. The number of rotatable bonds is 4. The van der Waals surface area contributed by atoms with Gasteiger partial charge >= 0.3 is 0 Å². The molecule has 18 heavy (non-hydrogen) atoms. The van der Waals surface area contributed by atoms with Crippen LogP contribution in [0, 0.1) is 0 Å². The van der Waals surface area contributed by atoms with Crippen LogP contribution in [0.3, 0.4) is 0 Å². The molecule has 0 saturated carbocycles. The number of para-hydroxylation sites is 1. The topological polar surface area (TPSA) is 48.1 Å². The van der Waals surface area contributed by atoms with E-state index in [-0.39, 0.29) is 0 Å². The molecule has 0 spiro atoms. The summed E-state index contributed by atoms with van der Waals surface area (Å²) < 4.78 is 5.63. The summed E-state index contributed by atoms with van der Waals surface area (Å²) in [5.41, 5.74) is 7.89. The van der Waals surface area contributed by atoms with E-state index in [9.17, 15) is 0 Å². The van der Waals surface area contributed by atoms with Crippen LogP contribution in [0.2, 0.25) is 0 Å². The molecular formula is C14H18N2OS. The van der Waals surface area contributed by atoms with Crippen LogP contribution in [0.25, 0.3) is 11.3 Å². The molecule has 0 unspecified atom stereocenters. The second-order valence-electron chi connectivity index (χ2n) is 4.35. The molecule has 1 aromatic heterocycles. The highest BCUT2D eigenvalue weighted by molar-refractivity contribution is 7.16. The average molecular weight is 262 g/mol. The van der Waals surface area contributed by atoms with Crippen LogP contribution in [0.1, 0.15) is 31.7 Å². The van der Waals surface area contributed by atoms with Gasteiger partial charge in [0.2, 0.25) is 0 Å². The number of anilines is 1. The van der Waals surface area contributed by atoms with Gasteiger partial charge in [-0.15, -0.1) is 11.3 Å². The Hall–Kier alpha value is -1.55. The molecule has 0 aliphatic carbocycles.